The van der Waals surface area contributed by atoms with Crippen LogP contribution in [0, 0.1) is 6.92 Å². The highest BCUT2D eigenvalue weighted by atomic mass is 35.5. The second kappa shape index (κ2) is 6.23. The van der Waals surface area contributed by atoms with E-state index in [4.69, 9.17) is 28.3 Å². The molecule has 0 saturated carbocycles. The topological polar surface area (TPSA) is 66.4 Å². The molecule has 0 aliphatic heterocycles. The van der Waals surface area contributed by atoms with Crippen LogP contribution < -0.4 is 4.72 Å². The number of nitrogens with one attached hydrogen (secondary N) is 1. The molecule has 0 radical (unpaired) electrons. The van der Waals surface area contributed by atoms with Gasteiger partial charge in [-0.15, -0.1) is 0 Å². The molecule has 0 aliphatic carbocycles. The molecule has 0 saturated heterocycles. The van der Waals surface area contributed by atoms with E-state index in [0.29, 0.717) is 11.1 Å². The summed E-state index contributed by atoms with van der Waals surface area (Å²) in [4.78, 5) is 0.0880. The lowest BCUT2D eigenvalue weighted by Crippen LogP contribution is -2.15. The third kappa shape index (κ3) is 3.49. The molecule has 0 fully saturated rings. The zero-order valence-electron chi connectivity index (χ0n) is 11.1. The van der Waals surface area contributed by atoms with E-state index >= 15 is 0 Å². The highest BCUT2D eigenvalue weighted by Gasteiger charge is 2.19. The molecule has 0 spiro atoms. The summed E-state index contributed by atoms with van der Waals surface area (Å²) in [6.07, 6.45) is 0. The van der Waals surface area contributed by atoms with Crippen molar-refractivity contribution in [3.8, 4) is 0 Å². The fourth-order valence-corrected chi connectivity index (χ4v) is 3.59. The second-order valence-electron chi connectivity index (χ2n) is 4.46. The quantitative estimate of drug-likeness (QED) is 0.889. The predicted octanol–water partition coefficient (Wildman–Crippen LogP) is 3.59. The lowest BCUT2D eigenvalue weighted by molar-refractivity contribution is 0.281. The van der Waals surface area contributed by atoms with Crippen LogP contribution in [0.15, 0.2) is 41.3 Å². The van der Waals surface area contributed by atoms with Crippen LogP contribution in [0.25, 0.3) is 0 Å². The number of aliphatic hydroxyl groups excluding tert-OH is 1. The summed E-state index contributed by atoms with van der Waals surface area (Å²) in [5, 5.41) is 9.53. The van der Waals surface area contributed by atoms with Gasteiger partial charge in [-0.2, -0.15) is 0 Å². The van der Waals surface area contributed by atoms with Gasteiger partial charge >= 0.3 is 0 Å². The number of hydrogen-bond donors (Lipinski definition) is 2. The maximum Gasteiger partial charge on any atom is 0.262 e. The van der Waals surface area contributed by atoms with E-state index < -0.39 is 10.0 Å². The van der Waals surface area contributed by atoms with Gasteiger partial charge in [0.15, 0.2) is 0 Å². The molecule has 0 aromatic heterocycles. The number of benzene rings is 2. The van der Waals surface area contributed by atoms with E-state index in [2.05, 4.69) is 4.72 Å². The Kier molecular flexibility index (Phi) is 4.78. The standard InChI is InChI=1S/C14H13Cl2NO3S/c1-9-5-6-10(8-18)7-13(9)21(19,20)17-12-4-2-3-11(15)14(12)16/h2-7,17-18H,8H2,1H3. The van der Waals surface area contributed by atoms with Gasteiger partial charge < -0.3 is 5.11 Å². The van der Waals surface area contributed by atoms with E-state index in [9.17, 15) is 8.42 Å². The zero-order valence-corrected chi connectivity index (χ0v) is 13.4. The van der Waals surface area contributed by atoms with Crippen molar-refractivity contribution in [2.24, 2.45) is 0 Å². The van der Waals surface area contributed by atoms with Crippen molar-refractivity contribution < 1.29 is 13.5 Å². The maximum atomic E-state index is 12.5. The summed E-state index contributed by atoms with van der Waals surface area (Å²) in [5.74, 6) is 0. The normalized spacial score (nSPS) is 11.4. The van der Waals surface area contributed by atoms with Crippen molar-refractivity contribution in [1.82, 2.24) is 0 Å². The van der Waals surface area contributed by atoms with Gasteiger partial charge in [-0.3, -0.25) is 4.72 Å². The summed E-state index contributed by atoms with van der Waals surface area (Å²) in [5.41, 5.74) is 1.29. The summed E-state index contributed by atoms with van der Waals surface area (Å²) in [6, 6.07) is 9.43. The van der Waals surface area contributed by atoms with Gasteiger partial charge in [0.1, 0.15) is 0 Å². The lowest BCUT2D eigenvalue weighted by Gasteiger charge is -2.13. The van der Waals surface area contributed by atoms with Gasteiger partial charge in [0, 0.05) is 0 Å². The fraction of sp³-hybridized carbons (Fsp3) is 0.143. The number of sulfonamides is 1. The van der Waals surface area contributed by atoms with E-state index in [1.54, 1.807) is 31.2 Å². The van der Waals surface area contributed by atoms with Crippen molar-refractivity contribution in [1.29, 1.82) is 0 Å². The molecule has 0 atom stereocenters. The molecule has 4 nitrogen and oxygen atoms in total. The first kappa shape index (κ1) is 16.1. The highest BCUT2D eigenvalue weighted by Crippen LogP contribution is 2.31. The first-order valence-corrected chi connectivity index (χ1v) is 8.26. The number of rotatable bonds is 4. The molecule has 112 valence electrons. The molecule has 0 amide bonds. The van der Waals surface area contributed by atoms with Crippen molar-refractivity contribution in [3.63, 3.8) is 0 Å². The molecule has 2 N–H and O–H groups in total. The molecular formula is C14H13Cl2NO3S. The third-order valence-electron chi connectivity index (χ3n) is 2.92. The Bertz CT molecular complexity index is 776. The molecule has 0 unspecified atom stereocenters. The molecule has 2 rings (SSSR count). The molecule has 2 aromatic carbocycles. The molecule has 21 heavy (non-hydrogen) atoms. The van der Waals surface area contributed by atoms with Gasteiger partial charge in [-0.25, -0.2) is 8.42 Å². The molecule has 0 aliphatic rings. The largest absolute Gasteiger partial charge is 0.392 e. The van der Waals surface area contributed by atoms with Crippen LogP contribution in [-0.2, 0) is 16.6 Å². The summed E-state index contributed by atoms with van der Waals surface area (Å²) in [6.45, 7) is 1.44. The summed E-state index contributed by atoms with van der Waals surface area (Å²) >= 11 is 11.9. The van der Waals surface area contributed by atoms with E-state index in [0.717, 1.165) is 0 Å². The van der Waals surface area contributed by atoms with Crippen LogP contribution in [0.4, 0.5) is 5.69 Å². The fourth-order valence-electron chi connectivity index (χ4n) is 1.81. The Hall–Kier alpha value is -1.27. The second-order valence-corrected chi connectivity index (χ2v) is 6.90. The third-order valence-corrected chi connectivity index (χ3v) is 5.25. The lowest BCUT2D eigenvalue weighted by atomic mass is 10.2. The SMILES string of the molecule is Cc1ccc(CO)cc1S(=O)(=O)Nc1cccc(Cl)c1Cl. The van der Waals surface area contributed by atoms with Crippen LogP contribution in [-0.4, -0.2) is 13.5 Å². The smallest absolute Gasteiger partial charge is 0.262 e. The average molecular weight is 346 g/mol. The Labute approximate surface area is 133 Å². The first-order valence-electron chi connectivity index (χ1n) is 6.02. The van der Waals surface area contributed by atoms with Crippen molar-refractivity contribution in [3.05, 3.63) is 57.6 Å². The van der Waals surface area contributed by atoms with Gasteiger partial charge in [-0.05, 0) is 36.2 Å². The Morgan fingerprint density at radius 2 is 1.90 bits per heavy atom. The highest BCUT2D eigenvalue weighted by molar-refractivity contribution is 7.92. The van der Waals surface area contributed by atoms with Crippen LogP contribution >= 0.6 is 23.2 Å². The Balaban J connectivity index is 2.46. The van der Waals surface area contributed by atoms with Crippen molar-refractivity contribution in [2.75, 3.05) is 4.72 Å². The average Bonchev–Trinajstić information content (AvgIpc) is 2.44. The van der Waals surface area contributed by atoms with Gasteiger partial charge in [0.25, 0.3) is 10.0 Å². The van der Waals surface area contributed by atoms with E-state index in [1.807, 2.05) is 0 Å². The van der Waals surface area contributed by atoms with Crippen LogP contribution in [0.5, 0.6) is 0 Å². The van der Waals surface area contributed by atoms with Gasteiger partial charge in [0.05, 0.1) is 27.2 Å². The molecular weight excluding hydrogens is 333 g/mol. The number of halogens is 2. The van der Waals surface area contributed by atoms with Crippen LogP contribution in [0.1, 0.15) is 11.1 Å². The predicted molar refractivity (Wildman–Crippen MR) is 84.4 cm³/mol. The Morgan fingerprint density at radius 1 is 1.19 bits per heavy atom. The molecule has 7 heteroatoms. The first-order chi connectivity index (χ1) is 9.85. The number of hydrogen-bond acceptors (Lipinski definition) is 3. The number of aryl methyl sites for hydroxylation is 1. The molecule has 2 aromatic rings. The minimum Gasteiger partial charge on any atom is -0.392 e. The van der Waals surface area contributed by atoms with Gasteiger partial charge in [-0.1, -0.05) is 41.4 Å². The van der Waals surface area contributed by atoms with E-state index in [1.165, 1.54) is 12.1 Å². The summed E-state index contributed by atoms with van der Waals surface area (Å²) in [7, 11) is -3.82. The minimum absolute atomic E-state index is 0.0880. The maximum absolute atomic E-state index is 12.5. The Morgan fingerprint density at radius 3 is 2.57 bits per heavy atom. The number of aliphatic hydroxyl groups is 1. The zero-order chi connectivity index (χ0) is 15.6. The van der Waals surface area contributed by atoms with Gasteiger partial charge in [0.2, 0.25) is 0 Å². The summed E-state index contributed by atoms with van der Waals surface area (Å²) < 4.78 is 27.3. The molecule has 0 bridgehead atoms. The van der Waals surface area contributed by atoms with Crippen LogP contribution in [0.2, 0.25) is 10.0 Å². The van der Waals surface area contributed by atoms with Crippen LogP contribution in [0.3, 0.4) is 0 Å². The monoisotopic (exact) mass is 345 g/mol. The molecule has 0 heterocycles. The van der Waals surface area contributed by atoms with Crippen molar-refractivity contribution in [2.45, 2.75) is 18.4 Å². The van der Waals surface area contributed by atoms with E-state index in [-0.39, 0.29) is 27.2 Å². The van der Waals surface area contributed by atoms with Crippen molar-refractivity contribution >= 4 is 38.9 Å². The number of anilines is 1. The minimum atomic E-state index is -3.82.